The minimum atomic E-state index is -3.52. The third kappa shape index (κ3) is 3.76. The number of benzene rings is 1. The minimum absolute atomic E-state index is 0.119. The zero-order valence-electron chi connectivity index (χ0n) is 11.4. The first kappa shape index (κ1) is 15.6. The predicted molar refractivity (Wildman–Crippen MR) is 74.6 cm³/mol. The molecule has 3 N–H and O–H groups in total. The predicted octanol–water partition coefficient (Wildman–Crippen LogP) is 0.450. The topological polar surface area (TPSA) is 87.3 Å². The van der Waals surface area contributed by atoms with Crippen LogP contribution in [0.5, 0.6) is 0 Å². The van der Waals surface area contributed by atoms with Gasteiger partial charge in [-0.25, -0.2) is 13.1 Å². The molecule has 0 fully saturated rings. The molecule has 1 unspecified atom stereocenters. The van der Waals surface area contributed by atoms with Crippen molar-refractivity contribution in [3.8, 4) is 0 Å². The van der Waals surface area contributed by atoms with Crippen LogP contribution < -0.4 is 15.4 Å². The molecular formula is C12H19N3O3S. The Morgan fingerprint density at radius 2 is 1.89 bits per heavy atom. The second kappa shape index (κ2) is 6.14. The Balaban J connectivity index is 3.09. The second-order valence-corrected chi connectivity index (χ2v) is 6.07. The van der Waals surface area contributed by atoms with E-state index in [2.05, 4.69) is 15.4 Å². The molecule has 1 amide bonds. The molecular weight excluding hydrogens is 266 g/mol. The Labute approximate surface area is 113 Å². The minimum Gasteiger partial charge on any atom is -0.324 e. The van der Waals surface area contributed by atoms with Crippen molar-refractivity contribution >= 4 is 21.6 Å². The Bertz CT molecular complexity index is 570. The van der Waals surface area contributed by atoms with Crippen LogP contribution in [0, 0.1) is 6.92 Å². The summed E-state index contributed by atoms with van der Waals surface area (Å²) in [6.45, 7) is 3.52. The smallest absolute Gasteiger partial charge is 0.241 e. The number of rotatable bonds is 5. The third-order valence-electron chi connectivity index (χ3n) is 2.87. The number of hydrogen-bond acceptors (Lipinski definition) is 4. The zero-order valence-corrected chi connectivity index (χ0v) is 12.3. The maximum atomic E-state index is 11.8. The second-order valence-electron chi connectivity index (χ2n) is 4.18. The van der Waals surface area contributed by atoms with Crippen molar-refractivity contribution in [2.45, 2.75) is 24.8 Å². The van der Waals surface area contributed by atoms with Crippen molar-refractivity contribution in [1.82, 2.24) is 10.0 Å². The molecule has 6 nitrogen and oxygen atoms in total. The van der Waals surface area contributed by atoms with E-state index in [1.165, 1.54) is 19.2 Å². The number of carbonyl (C=O) groups is 1. The average molecular weight is 285 g/mol. The van der Waals surface area contributed by atoms with E-state index in [0.717, 1.165) is 5.56 Å². The van der Waals surface area contributed by atoms with Crippen LogP contribution in [0.1, 0.15) is 12.5 Å². The maximum Gasteiger partial charge on any atom is 0.241 e. The molecule has 106 valence electrons. The van der Waals surface area contributed by atoms with Gasteiger partial charge in [0, 0.05) is 5.69 Å². The third-order valence-corrected chi connectivity index (χ3v) is 4.28. The number of nitrogens with one attached hydrogen (secondary N) is 3. The van der Waals surface area contributed by atoms with Gasteiger partial charge in [-0.05, 0) is 45.6 Å². The summed E-state index contributed by atoms with van der Waals surface area (Å²) in [4.78, 5) is 11.9. The lowest BCUT2D eigenvalue weighted by molar-refractivity contribution is -0.117. The molecule has 0 saturated carbocycles. The summed E-state index contributed by atoms with van der Waals surface area (Å²) in [5, 5.41) is 5.52. The highest BCUT2D eigenvalue weighted by atomic mass is 32.2. The lowest BCUT2D eigenvalue weighted by Crippen LogP contribution is -2.35. The number of amides is 1. The number of carbonyl (C=O) groups excluding carboxylic acids is 1. The standard InChI is InChI=1S/C12H19N3O3S/c1-8-5-6-10(19(17,18)14-4)7-11(8)15-12(16)9(2)13-3/h5-7,9,13-14H,1-4H3,(H,15,16). The molecule has 0 aliphatic carbocycles. The van der Waals surface area contributed by atoms with Gasteiger partial charge in [0.2, 0.25) is 15.9 Å². The number of likely N-dealkylation sites (N-methyl/N-ethyl adjacent to an activating group) is 1. The summed E-state index contributed by atoms with van der Waals surface area (Å²) in [7, 11) is -0.493. The first-order chi connectivity index (χ1) is 8.81. The van der Waals surface area contributed by atoms with E-state index in [0.29, 0.717) is 5.69 Å². The molecule has 1 aromatic rings. The summed E-state index contributed by atoms with van der Waals surface area (Å²) < 4.78 is 25.6. The fraction of sp³-hybridized carbons (Fsp3) is 0.417. The largest absolute Gasteiger partial charge is 0.324 e. The van der Waals surface area contributed by atoms with Crippen molar-refractivity contribution < 1.29 is 13.2 Å². The molecule has 0 aliphatic heterocycles. The van der Waals surface area contributed by atoms with Gasteiger partial charge >= 0.3 is 0 Å². The van der Waals surface area contributed by atoms with E-state index in [4.69, 9.17) is 0 Å². The van der Waals surface area contributed by atoms with Crippen LogP contribution in [0.25, 0.3) is 0 Å². The molecule has 0 aromatic heterocycles. The number of sulfonamides is 1. The summed E-state index contributed by atoms with van der Waals surface area (Å²) in [6.07, 6.45) is 0. The van der Waals surface area contributed by atoms with Crippen molar-refractivity contribution in [2.75, 3.05) is 19.4 Å². The molecule has 0 radical (unpaired) electrons. The van der Waals surface area contributed by atoms with Gasteiger partial charge in [-0.1, -0.05) is 6.07 Å². The van der Waals surface area contributed by atoms with Gasteiger partial charge in [0.1, 0.15) is 0 Å². The van der Waals surface area contributed by atoms with Gasteiger partial charge < -0.3 is 10.6 Å². The summed E-state index contributed by atoms with van der Waals surface area (Å²) in [5.41, 5.74) is 1.29. The van der Waals surface area contributed by atoms with E-state index >= 15 is 0 Å². The van der Waals surface area contributed by atoms with Crippen LogP contribution in [0.4, 0.5) is 5.69 Å². The van der Waals surface area contributed by atoms with E-state index in [1.807, 2.05) is 0 Å². The summed E-state index contributed by atoms with van der Waals surface area (Å²) in [5.74, 6) is -0.218. The van der Waals surface area contributed by atoms with Crippen LogP contribution in [0.2, 0.25) is 0 Å². The molecule has 0 bridgehead atoms. The molecule has 0 heterocycles. The normalized spacial score (nSPS) is 13.1. The van der Waals surface area contributed by atoms with Gasteiger partial charge in [-0.15, -0.1) is 0 Å². The van der Waals surface area contributed by atoms with Gasteiger partial charge in [-0.3, -0.25) is 4.79 Å². The number of anilines is 1. The maximum absolute atomic E-state index is 11.8. The van der Waals surface area contributed by atoms with Crippen LogP contribution in [0.3, 0.4) is 0 Å². The zero-order chi connectivity index (χ0) is 14.6. The first-order valence-corrected chi connectivity index (χ1v) is 7.32. The average Bonchev–Trinajstić information content (AvgIpc) is 2.39. The Kier molecular flexibility index (Phi) is 5.04. The highest BCUT2D eigenvalue weighted by Crippen LogP contribution is 2.20. The van der Waals surface area contributed by atoms with Crippen molar-refractivity contribution in [2.24, 2.45) is 0 Å². The highest BCUT2D eigenvalue weighted by Gasteiger charge is 2.15. The molecule has 0 aliphatic rings. The molecule has 0 spiro atoms. The van der Waals surface area contributed by atoms with Gasteiger partial charge in [0.15, 0.2) is 0 Å². The lowest BCUT2D eigenvalue weighted by Gasteiger charge is -2.14. The van der Waals surface area contributed by atoms with Gasteiger partial charge in [-0.2, -0.15) is 0 Å². The van der Waals surface area contributed by atoms with E-state index in [9.17, 15) is 13.2 Å². The van der Waals surface area contributed by atoms with Crippen molar-refractivity contribution in [1.29, 1.82) is 0 Å². The van der Waals surface area contributed by atoms with Gasteiger partial charge in [0.05, 0.1) is 10.9 Å². The van der Waals surface area contributed by atoms with E-state index in [1.54, 1.807) is 27.0 Å². The molecule has 1 aromatic carbocycles. The van der Waals surface area contributed by atoms with Crippen molar-refractivity contribution in [3.05, 3.63) is 23.8 Å². The van der Waals surface area contributed by atoms with E-state index < -0.39 is 10.0 Å². The highest BCUT2D eigenvalue weighted by molar-refractivity contribution is 7.89. The lowest BCUT2D eigenvalue weighted by atomic mass is 10.2. The van der Waals surface area contributed by atoms with E-state index in [-0.39, 0.29) is 16.8 Å². The van der Waals surface area contributed by atoms with Crippen LogP contribution in [0.15, 0.2) is 23.1 Å². The Morgan fingerprint density at radius 1 is 1.26 bits per heavy atom. The van der Waals surface area contributed by atoms with Crippen LogP contribution in [-0.2, 0) is 14.8 Å². The molecule has 0 saturated heterocycles. The monoisotopic (exact) mass is 285 g/mol. The quantitative estimate of drug-likeness (QED) is 0.733. The molecule has 1 rings (SSSR count). The van der Waals surface area contributed by atoms with Gasteiger partial charge in [0.25, 0.3) is 0 Å². The fourth-order valence-electron chi connectivity index (χ4n) is 1.39. The van der Waals surface area contributed by atoms with Crippen molar-refractivity contribution in [3.63, 3.8) is 0 Å². The Hall–Kier alpha value is -1.44. The summed E-state index contributed by atoms with van der Waals surface area (Å²) >= 11 is 0. The fourth-order valence-corrected chi connectivity index (χ4v) is 2.15. The SMILES string of the molecule is CNC(C)C(=O)Nc1cc(S(=O)(=O)NC)ccc1C. The van der Waals surface area contributed by atoms with Crippen LogP contribution in [-0.4, -0.2) is 34.5 Å². The van der Waals surface area contributed by atoms with Crippen LogP contribution >= 0.6 is 0 Å². The number of hydrogen-bond donors (Lipinski definition) is 3. The number of aryl methyl sites for hydroxylation is 1. The molecule has 1 atom stereocenters. The Morgan fingerprint density at radius 3 is 2.42 bits per heavy atom. The summed E-state index contributed by atoms with van der Waals surface area (Å²) in [6, 6.07) is 4.24. The molecule has 7 heteroatoms. The molecule has 19 heavy (non-hydrogen) atoms. The first-order valence-electron chi connectivity index (χ1n) is 5.84.